The SMILES string of the molecule is Cn1c(=O)c2ccccc2c2cccc(Br)c21. The molecule has 0 radical (unpaired) electrons. The molecule has 2 nitrogen and oxygen atoms in total. The monoisotopic (exact) mass is 287 g/mol. The lowest BCUT2D eigenvalue weighted by atomic mass is 10.1. The number of fused-ring (bicyclic) bond motifs is 3. The van der Waals surface area contributed by atoms with Crippen LogP contribution in [-0.4, -0.2) is 4.57 Å². The summed E-state index contributed by atoms with van der Waals surface area (Å²) in [4.78, 5) is 12.2. The van der Waals surface area contributed by atoms with Gasteiger partial charge >= 0.3 is 0 Å². The first-order valence-corrected chi connectivity index (χ1v) is 6.15. The molecule has 0 saturated heterocycles. The molecule has 0 aliphatic heterocycles. The molecule has 3 aromatic rings. The standard InChI is InChI=1S/C14H10BrNO/c1-16-13-10(7-4-8-12(13)15)9-5-2-3-6-11(9)14(16)17/h2-8H,1H3. The Kier molecular flexibility index (Phi) is 2.30. The zero-order chi connectivity index (χ0) is 12.0. The maximum atomic E-state index is 12.2. The van der Waals surface area contributed by atoms with Crippen LogP contribution in [0.3, 0.4) is 0 Å². The van der Waals surface area contributed by atoms with Gasteiger partial charge in [-0.2, -0.15) is 0 Å². The summed E-state index contributed by atoms with van der Waals surface area (Å²) in [6, 6.07) is 13.7. The number of nitrogens with zero attached hydrogens (tertiary/aromatic N) is 1. The third kappa shape index (κ3) is 1.42. The van der Waals surface area contributed by atoms with Crippen molar-refractivity contribution in [2.24, 2.45) is 7.05 Å². The van der Waals surface area contributed by atoms with Crippen molar-refractivity contribution in [3.8, 4) is 0 Å². The molecule has 0 saturated carbocycles. The van der Waals surface area contributed by atoms with Crippen LogP contribution in [0.1, 0.15) is 0 Å². The fourth-order valence-corrected chi connectivity index (χ4v) is 2.89. The van der Waals surface area contributed by atoms with E-state index in [1.54, 1.807) is 4.57 Å². The molecule has 0 spiro atoms. The molecule has 0 amide bonds. The highest BCUT2D eigenvalue weighted by Gasteiger charge is 2.09. The van der Waals surface area contributed by atoms with Crippen molar-refractivity contribution in [3.05, 3.63) is 57.3 Å². The molecule has 3 rings (SSSR count). The molecule has 0 unspecified atom stereocenters. The summed E-state index contributed by atoms with van der Waals surface area (Å²) < 4.78 is 2.64. The minimum absolute atomic E-state index is 0.0417. The summed E-state index contributed by atoms with van der Waals surface area (Å²) in [5.41, 5.74) is 0.983. The van der Waals surface area contributed by atoms with Crippen LogP contribution in [0.25, 0.3) is 21.7 Å². The quantitative estimate of drug-likeness (QED) is 0.581. The molecule has 0 atom stereocenters. The molecule has 0 aliphatic rings. The number of hydrogen-bond donors (Lipinski definition) is 0. The summed E-state index contributed by atoms with van der Waals surface area (Å²) >= 11 is 3.51. The number of para-hydroxylation sites is 1. The number of aromatic nitrogens is 1. The van der Waals surface area contributed by atoms with Crippen LogP contribution in [0.5, 0.6) is 0 Å². The average Bonchev–Trinajstić information content (AvgIpc) is 2.36. The highest BCUT2D eigenvalue weighted by Crippen LogP contribution is 2.27. The van der Waals surface area contributed by atoms with Gasteiger partial charge < -0.3 is 4.57 Å². The Morgan fingerprint density at radius 3 is 2.35 bits per heavy atom. The van der Waals surface area contributed by atoms with Gasteiger partial charge in [0, 0.05) is 22.3 Å². The first-order chi connectivity index (χ1) is 8.20. The summed E-state index contributed by atoms with van der Waals surface area (Å²) in [6.07, 6.45) is 0. The molecule has 2 aromatic carbocycles. The van der Waals surface area contributed by atoms with Crippen molar-refractivity contribution in [2.45, 2.75) is 0 Å². The molecule has 1 heterocycles. The molecule has 1 aromatic heterocycles. The van der Waals surface area contributed by atoms with Gasteiger partial charge in [-0.1, -0.05) is 30.3 Å². The average molecular weight is 288 g/mol. The number of pyridine rings is 1. The number of halogens is 1. The predicted octanol–water partition coefficient (Wildman–Crippen LogP) is 3.45. The zero-order valence-electron chi connectivity index (χ0n) is 9.27. The first kappa shape index (κ1) is 10.5. The van der Waals surface area contributed by atoms with Crippen molar-refractivity contribution < 1.29 is 0 Å². The Hall–Kier alpha value is -1.61. The zero-order valence-corrected chi connectivity index (χ0v) is 10.9. The molecule has 17 heavy (non-hydrogen) atoms. The van der Waals surface area contributed by atoms with E-state index in [9.17, 15) is 4.79 Å². The lowest BCUT2D eigenvalue weighted by Gasteiger charge is -2.10. The largest absolute Gasteiger partial charge is 0.310 e. The fourth-order valence-electron chi connectivity index (χ4n) is 2.26. The highest BCUT2D eigenvalue weighted by molar-refractivity contribution is 9.10. The lowest BCUT2D eigenvalue weighted by molar-refractivity contribution is 0.916. The van der Waals surface area contributed by atoms with E-state index in [1.165, 1.54) is 0 Å². The van der Waals surface area contributed by atoms with E-state index < -0.39 is 0 Å². The van der Waals surface area contributed by atoms with Crippen LogP contribution in [0.15, 0.2) is 51.7 Å². The van der Waals surface area contributed by atoms with Crippen molar-refractivity contribution in [1.29, 1.82) is 0 Å². The van der Waals surface area contributed by atoms with Crippen LogP contribution in [0.4, 0.5) is 0 Å². The summed E-state index contributed by atoms with van der Waals surface area (Å²) in [7, 11) is 1.81. The second-order valence-electron chi connectivity index (χ2n) is 4.05. The van der Waals surface area contributed by atoms with Gasteiger partial charge in [0.2, 0.25) is 0 Å². The number of benzene rings is 2. The van der Waals surface area contributed by atoms with Crippen LogP contribution >= 0.6 is 15.9 Å². The Balaban J connectivity index is 2.76. The Bertz CT molecular complexity index is 789. The van der Waals surface area contributed by atoms with Crippen LogP contribution < -0.4 is 5.56 Å². The van der Waals surface area contributed by atoms with E-state index in [-0.39, 0.29) is 5.56 Å². The molecular formula is C14H10BrNO. The molecule has 0 fully saturated rings. The molecule has 0 N–H and O–H groups in total. The second-order valence-corrected chi connectivity index (χ2v) is 4.90. The van der Waals surface area contributed by atoms with Gasteiger partial charge in [0.25, 0.3) is 5.56 Å². The van der Waals surface area contributed by atoms with Crippen molar-refractivity contribution in [3.63, 3.8) is 0 Å². The van der Waals surface area contributed by atoms with Gasteiger partial charge in [0.05, 0.1) is 5.52 Å². The maximum Gasteiger partial charge on any atom is 0.258 e. The smallest absolute Gasteiger partial charge is 0.258 e. The third-order valence-corrected chi connectivity index (χ3v) is 3.71. The molecular weight excluding hydrogens is 278 g/mol. The molecule has 84 valence electrons. The second kappa shape index (κ2) is 3.70. The highest BCUT2D eigenvalue weighted by atomic mass is 79.9. The predicted molar refractivity (Wildman–Crippen MR) is 74.4 cm³/mol. The number of aryl methyl sites for hydroxylation is 1. The maximum absolute atomic E-state index is 12.2. The van der Waals surface area contributed by atoms with Gasteiger partial charge in [-0.25, -0.2) is 0 Å². The number of rotatable bonds is 0. The third-order valence-electron chi connectivity index (χ3n) is 3.07. The summed E-state index contributed by atoms with van der Waals surface area (Å²) in [5, 5.41) is 2.87. The van der Waals surface area contributed by atoms with Gasteiger partial charge in [0.1, 0.15) is 0 Å². The van der Waals surface area contributed by atoms with E-state index in [0.29, 0.717) is 0 Å². The van der Waals surface area contributed by atoms with Crippen molar-refractivity contribution in [2.75, 3.05) is 0 Å². The van der Waals surface area contributed by atoms with E-state index in [4.69, 9.17) is 0 Å². The van der Waals surface area contributed by atoms with Gasteiger partial charge in [-0.15, -0.1) is 0 Å². The lowest BCUT2D eigenvalue weighted by Crippen LogP contribution is -2.17. The van der Waals surface area contributed by atoms with E-state index in [1.807, 2.05) is 49.5 Å². The Labute approximate surface area is 107 Å². The van der Waals surface area contributed by atoms with Gasteiger partial charge in [-0.05, 0) is 33.4 Å². The first-order valence-electron chi connectivity index (χ1n) is 5.36. The normalized spacial score (nSPS) is 11.2. The Morgan fingerprint density at radius 2 is 1.59 bits per heavy atom. The van der Waals surface area contributed by atoms with Crippen molar-refractivity contribution in [1.82, 2.24) is 4.57 Å². The summed E-state index contributed by atoms with van der Waals surface area (Å²) in [5.74, 6) is 0. The van der Waals surface area contributed by atoms with Crippen LogP contribution in [0.2, 0.25) is 0 Å². The fraction of sp³-hybridized carbons (Fsp3) is 0.0714. The molecule has 3 heteroatoms. The van der Waals surface area contributed by atoms with Crippen LogP contribution in [-0.2, 0) is 7.05 Å². The van der Waals surface area contributed by atoms with Crippen molar-refractivity contribution >= 4 is 37.6 Å². The van der Waals surface area contributed by atoms with E-state index in [0.717, 1.165) is 26.1 Å². The van der Waals surface area contributed by atoms with Crippen LogP contribution in [0, 0.1) is 0 Å². The van der Waals surface area contributed by atoms with E-state index in [2.05, 4.69) is 15.9 Å². The summed E-state index contributed by atoms with van der Waals surface area (Å²) in [6.45, 7) is 0. The minimum Gasteiger partial charge on any atom is -0.310 e. The van der Waals surface area contributed by atoms with Gasteiger partial charge in [0.15, 0.2) is 0 Å². The molecule has 0 bridgehead atoms. The molecule has 0 aliphatic carbocycles. The van der Waals surface area contributed by atoms with E-state index >= 15 is 0 Å². The Morgan fingerprint density at radius 1 is 0.941 bits per heavy atom. The number of hydrogen-bond acceptors (Lipinski definition) is 1. The minimum atomic E-state index is 0.0417. The van der Waals surface area contributed by atoms with Gasteiger partial charge in [-0.3, -0.25) is 4.79 Å². The topological polar surface area (TPSA) is 22.0 Å².